The highest BCUT2D eigenvalue weighted by atomic mass is 19.3. The zero-order valence-electron chi connectivity index (χ0n) is 11.7. The number of ether oxygens (including phenoxy) is 2. The monoisotopic (exact) mass is 310 g/mol. The molecule has 0 amide bonds. The molecule has 0 aromatic heterocycles. The first-order chi connectivity index (χ1) is 10.5. The molecule has 0 aliphatic heterocycles. The summed E-state index contributed by atoms with van der Waals surface area (Å²) in [5, 5.41) is 0. The van der Waals surface area contributed by atoms with Gasteiger partial charge in [0, 0.05) is 11.6 Å². The van der Waals surface area contributed by atoms with Gasteiger partial charge in [0.2, 0.25) is 0 Å². The van der Waals surface area contributed by atoms with Gasteiger partial charge in [0.05, 0.1) is 12.7 Å². The van der Waals surface area contributed by atoms with Crippen LogP contribution in [-0.2, 0) is 0 Å². The summed E-state index contributed by atoms with van der Waals surface area (Å²) in [4.78, 5) is 10.9. The summed E-state index contributed by atoms with van der Waals surface area (Å²) >= 11 is 0. The van der Waals surface area contributed by atoms with Gasteiger partial charge < -0.3 is 9.47 Å². The molecule has 0 aliphatic rings. The lowest BCUT2D eigenvalue weighted by Gasteiger charge is -2.11. The lowest BCUT2D eigenvalue weighted by atomic mass is 10.0. The van der Waals surface area contributed by atoms with Crippen LogP contribution >= 0.6 is 0 Å². The van der Waals surface area contributed by atoms with Crippen LogP contribution in [0.4, 0.5) is 13.2 Å². The van der Waals surface area contributed by atoms with Gasteiger partial charge in [-0.25, -0.2) is 13.2 Å². The minimum absolute atomic E-state index is 0.0111. The summed E-state index contributed by atoms with van der Waals surface area (Å²) in [6.07, 6.45) is -2.17. The molecule has 0 fully saturated rings. The number of hydrogen-bond donors (Lipinski definition) is 0. The molecule has 6 heteroatoms. The standard InChI is InChI=1S/C16H13F3O3/c1-21-12-4-5-13(14(17)7-12)10-2-3-11(8-20)15(6-10)22-9-16(18)19/h2-8,16H,9H2,1H3. The molecule has 22 heavy (non-hydrogen) atoms. The lowest BCUT2D eigenvalue weighted by Crippen LogP contribution is -2.08. The topological polar surface area (TPSA) is 35.5 Å². The molecular formula is C16H13F3O3. The molecule has 0 bridgehead atoms. The van der Waals surface area contributed by atoms with Gasteiger partial charge in [0.15, 0.2) is 6.29 Å². The van der Waals surface area contributed by atoms with Crippen molar-refractivity contribution in [2.75, 3.05) is 13.7 Å². The van der Waals surface area contributed by atoms with Crippen LogP contribution in [0, 0.1) is 5.82 Å². The fourth-order valence-electron chi connectivity index (χ4n) is 1.93. The summed E-state index contributed by atoms with van der Waals surface area (Å²) in [6, 6.07) is 8.56. The Morgan fingerprint density at radius 2 is 1.95 bits per heavy atom. The van der Waals surface area contributed by atoms with E-state index in [0.717, 1.165) is 0 Å². The highest BCUT2D eigenvalue weighted by Crippen LogP contribution is 2.30. The van der Waals surface area contributed by atoms with Crippen LogP contribution in [0.1, 0.15) is 10.4 Å². The van der Waals surface area contributed by atoms with Crippen molar-refractivity contribution in [1.29, 1.82) is 0 Å². The Kier molecular flexibility index (Phi) is 5.04. The van der Waals surface area contributed by atoms with E-state index in [9.17, 15) is 18.0 Å². The molecule has 0 heterocycles. The van der Waals surface area contributed by atoms with Crippen molar-refractivity contribution in [3.63, 3.8) is 0 Å². The van der Waals surface area contributed by atoms with Crippen LogP contribution in [0.25, 0.3) is 11.1 Å². The summed E-state index contributed by atoms with van der Waals surface area (Å²) < 4.78 is 48.3. The Balaban J connectivity index is 2.39. The average molecular weight is 310 g/mol. The van der Waals surface area contributed by atoms with E-state index in [1.165, 1.54) is 37.4 Å². The molecular weight excluding hydrogens is 297 g/mol. The number of methoxy groups -OCH3 is 1. The second-order valence-electron chi connectivity index (χ2n) is 4.42. The zero-order valence-corrected chi connectivity index (χ0v) is 11.7. The highest BCUT2D eigenvalue weighted by molar-refractivity contribution is 5.82. The normalized spacial score (nSPS) is 10.6. The van der Waals surface area contributed by atoms with Crippen LogP contribution in [0.5, 0.6) is 11.5 Å². The Morgan fingerprint density at radius 3 is 2.55 bits per heavy atom. The first-order valence-electron chi connectivity index (χ1n) is 6.39. The first-order valence-corrected chi connectivity index (χ1v) is 6.39. The summed E-state index contributed by atoms with van der Waals surface area (Å²) in [5.41, 5.74) is 0.786. The maximum absolute atomic E-state index is 14.0. The van der Waals surface area contributed by atoms with Crippen molar-refractivity contribution in [2.45, 2.75) is 6.43 Å². The smallest absolute Gasteiger partial charge is 0.272 e. The SMILES string of the molecule is COc1ccc(-c2ccc(C=O)c(OCC(F)F)c2)c(F)c1. The van der Waals surface area contributed by atoms with Crippen molar-refractivity contribution in [2.24, 2.45) is 0 Å². The fourth-order valence-corrected chi connectivity index (χ4v) is 1.93. The van der Waals surface area contributed by atoms with Gasteiger partial charge >= 0.3 is 0 Å². The average Bonchev–Trinajstić information content (AvgIpc) is 2.52. The third-order valence-electron chi connectivity index (χ3n) is 2.99. The largest absolute Gasteiger partial charge is 0.497 e. The molecule has 116 valence electrons. The quantitative estimate of drug-likeness (QED) is 0.758. The van der Waals surface area contributed by atoms with Crippen LogP contribution in [-0.4, -0.2) is 26.4 Å². The van der Waals surface area contributed by atoms with Gasteiger partial charge in [0.1, 0.15) is 23.9 Å². The van der Waals surface area contributed by atoms with Gasteiger partial charge in [-0.15, -0.1) is 0 Å². The minimum atomic E-state index is -2.67. The van der Waals surface area contributed by atoms with Gasteiger partial charge in [0.25, 0.3) is 6.43 Å². The zero-order chi connectivity index (χ0) is 16.1. The molecule has 2 aromatic carbocycles. The molecule has 0 saturated carbocycles. The third-order valence-corrected chi connectivity index (χ3v) is 2.99. The molecule has 0 saturated heterocycles. The predicted octanol–water partition coefficient (Wildman–Crippen LogP) is 3.96. The van der Waals surface area contributed by atoms with Crippen molar-refractivity contribution < 1.29 is 27.4 Å². The van der Waals surface area contributed by atoms with Crippen molar-refractivity contribution in [3.8, 4) is 22.6 Å². The minimum Gasteiger partial charge on any atom is -0.497 e. The Morgan fingerprint density at radius 1 is 1.18 bits per heavy atom. The van der Waals surface area contributed by atoms with Crippen LogP contribution in [0.15, 0.2) is 36.4 Å². The van der Waals surface area contributed by atoms with E-state index in [1.807, 2.05) is 0 Å². The molecule has 0 unspecified atom stereocenters. The Bertz CT molecular complexity index is 672. The number of benzene rings is 2. The molecule has 2 rings (SSSR count). The van der Waals surface area contributed by atoms with E-state index in [0.29, 0.717) is 17.6 Å². The van der Waals surface area contributed by atoms with Gasteiger partial charge in [-0.05, 0) is 29.8 Å². The molecule has 0 N–H and O–H groups in total. The number of rotatable bonds is 6. The van der Waals surface area contributed by atoms with E-state index in [4.69, 9.17) is 9.47 Å². The maximum atomic E-state index is 14.0. The molecule has 2 aromatic rings. The van der Waals surface area contributed by atoms with E-state index in [2.05, 4.69) is 0 Å². The molecule has 3 nitrogen and oxygen atoms in total. The fraction of sp³-hybridized carbons (Fsp3) is 0.188. The predicted molar refractivity (Wildman–Crippen MR) is 75.3 cm³/mol. The lowest BCUT2D eigenvalue weighted by molar-refractivity contribution is 0.0809. The van der Waals surface area contributed by atoms with Gasteiger partial charge in [-0.3, -0.25) is 4.79 Å². The van der Waals surface area contributed by atoms with E-state index in [1.54, 1.807) is 6.07 Å². The second kappa shape index (κ2) is 6.98. The summed E-state index contributed by atoms with van der Waals surface area (Å²) in [5.74, 6) is -0.180. The van der Waals surface area contributed by atoms with Crippen molar-refractivity contribution in [3.05, 3.63) is 47.8 Å². The molecule has 0 atom stereocenters. The number of carbonyl (C=O) groups excluding carboxylic acids is 1. The van der Waals surface area contributed by atoms with E-state index in [-0.39, 0.29) is 16.9 Å². The van der Waals surface area contributed by atoms with Crippen molar-refractivity contribution >= 4 is 6.29 Å². The van der Waals surface area contributed by atoms with E-state index >= 15 is 0 Å². The number of aldehydes is 1. The van der Waals surface area contributed by atoms with Gasteiger partial charge in [-0.2, -0.15) is 0 Å². The number of alkyl halides is 2. The molecule has 0 radical (unpaired) electrons. The first kappa shape index (κ1) is 15.9. The number of halogens is 3. The Hall–Kier alpha value is -2.50. The molecule has 0 spiro atoms. The summed E-state index contributed by atoms with van der Waals surface area (Å²) in [6.45, 7) is -0.838. The third kappa shape index (κ3) is 3.58. The van der Waals surface area contributed by atoms with E-state index < -0.39 is 18.8 Å². The second-order valence-corrected chi connectivity index (χ2v) is 4.42. The van der Waals surface area contributed by atoms with Crippen LogP contribution < -0.4 is 9.47 Å². The maximum Gasteiger partial charge on any atom is 0.272 e. The van der Waals surface area contributed by atoms with Crippen LogP contribution in [0.2, 0.25) is 0 Å². The number of carbonyl (C=O) groups is 1. The molecule has 0 aliphatic carbocycles. The Labute approximate surface area is 125 Å². The highest BCUT2D eigenvalue weighted by Gasteiger charge is 2.12. The van der Waals surface area contributed by atoms with Crippen LogP contribution in [0.3, 0.4) is 0 Å². The number of hydrogen-bond acceptors (Lipinski definition) is 3. The summed E-state index contributed by atoms with van der Waals surface area (Å²) in [7, 11) is 1.42. The van der Waals surface area contributed by atoms with Crippen molar-refractivity contribution in [1.82, 2.24) is 0 Å². The van der Waals surface area contributed by atoms with Gasteiger partial charge in [-0.1, -0.05) is 6.07 Å².